The van der Waals surface area contributed by atoms with Crippen LogP contribution in [0.15, 0.2) is 11.6 Å². The van der Waals surface area contributed by atoms with Gasteiger partial charge in [-0.15, -0.1) is 0 Å². The summed E-state index contributed by atoms with van der Waals surface area (Å²) in [6.07, 6.45) is 5.28. The number of carbonyl (C=O) groups is 2. The number of carbonyl (C=O) groups excluding carboxylic acids is 2. The SMILES string of the molecule is COCCCO[C@H]1CC[C@]2(C)[C@@H]3C(=CC(=O)[C@@H]2C1)[C@]1(O)CC[C@H]([C@](C)(O)[C@H](O)[C@H]2O[C@@H]4[C@H](C[C@@H](C(=O)N5CC5)N[C@@H]4O)[C@H]2CO)[C@]12CCC[C@H]3C2. The van der Waals surface area contributed by atoms with Crippen LogP contribution in [-0.4, -0.2) is 130 Å². The minimum Gasteiger partial charge on any atom is -0.396 e. The number of ketones is 1. The molecule has 8 aliphatic rings. The average Bonchev–Trinajstić information content (AvgIpc) is 3.82. The summed E-state index contributed by atoms with van der Waals surface area (Å²) in [4.78, 5) is 28.7. The van der Waals surface area contributed by atoms with E-state index in [1.165, 1.54) is 0 Å². The fourth-order valence-electron chi connectivity index (χ4n) is 13.2. The summed E-state index contributed by atoms with van der Waals surface area (Å²) in [7, 11) is 1.68. The molecule has 16 atom stereocenters. The standard InChI is InChI=1S/C39H60N2O10/c1-36-10-7-22(50-15-5-14-49-3)16-25(36)28(43)18-26-30(36)21-6-4-9-38(19-21)29(8-11-39(26,38)48)37(2,47)33(44)31-24(20-42)23-17-27(35(46)41-12-13-41)40-34(45)32(23)51-31/h18,21-25,27,29-34,40,42,44-45,47-48H,4-17,19-20H2,1-3H3/t21-,22-,23+,24+,25-,27-,29+,30-,31-,32+,33+,34+,36-,37-,38+,39+/m0/s1. The fourth-order valence-corrected chi connectivity index (χ4v) is 13.2. The zero-order chi connectivity index (χ0) is 36.1. The van der Waals surface area contributed by atoms with E-state index >= 15 is 0 Å². The summed E-state index contributed by atoms with van der Waals surface area (Å²) in [6, 6.07) is -0.604. The second-order valence-corrected chi connectivity index (χ2v) is 18.1. The van der Waals surface area contributed by atoms with Gasteiger partial charge in [0, 0.05) is 57.3 Å². The molecule has 0 aromatic heterocycles. The van der Waals surface area contributed by atoms with E-state index in [0.29, 0.717) is 58.4 Å². The van der Waals surface area contributed by atoms with Crippen LogP contribution in [0.2, 0.25) is 0 Å². The first-order valence-corrected chi connectivity index (χ1v) is 19.8. The molecule has 3 aliphatic heterocycles. The van der Waals surface area contributed by atoms with E-state index in [0.717, 1.165) is 44.1 Å². The minimum absolute atomic E-state index is 0.0343. The van der Waals surface area contributed by atoms with Crippen molar-refractivity contribution >= 4 is 11.7 Å². The van der Waals surface area contributed by atoms with Crippen LogP contribution >= 0.6 is 0 Å². The number of rotatable bonds is 10. The minimum atomic E-state index is -1.71. The summed E-state index contributed by atoms with van der Waals surface area (Å²) in [5.41, 5.74) is -3.16. The Balaban J connectivity index is 1.05. The van der Waals surface area contributed by atoms with Crippen molar-refractivity contribution < 1.29 is 49.3 Å². The Morgan fingerprint density at radius 3 is 2.69 bits per heavy atom. The van der Waals surface area contributed by atoms with Crippen LogP contribution in [0.5, 0.6) is 0 Å². The highest BCUT2D eigenvalue weighted by Crippen LogP contribution is 2.73. The Morgan fingerprint density at radius 1 is 1.18 bits per heavy atom. The molecule has 51 heavy (non-hydrogen) atoms. The van der Waals surface area contributed by atoms with E-state index in [4.69, 9.17) is 14.2 Å². The molecule has 286 valence electrons. The van der Waals surface area contributed by atoms with E-state index < -0.39 is 59.0 Å². The molecule has 5 aliphatic carbocycles. The van der Waals surface area contributed by atoms with Gasteiger partial charge in [-0.1, -0.05) is 13.3 Å². The predicted octanol–water partition coefficient (Wildman–Crippen LogP) is 1.30. The lowest BCUT2D eigenvalue weighted by Gasteiger charge is -2.65. The van der Waals surface area contributed by atoms with E-state index in [1.54, 1.807) is 25.0 Å². The van der Waals surface area contributed by atoms with Gasteiger partial charge in [0.05, 0.1) is 29.5 Å². The predicted molar refractivity (Wildman–Crippen MR) is 184 cm³/mol. The number of amides is 1. The van der Waals surface area contributed by atoms with Crippen molar-refractivity contribution in [3.05, 3.63) is 11.6 Å². The molecule has 3 saturated heterocycles. The number of nitrogens with one attached hydrogen (secondary N) is 1. The maximum absolute atomic E-state index is 14.1. The fraction of sp³-hybridized carbons (Fsp3) is 0.897. The van der Waals surface area contributed by atoms with Gasteiger partial charge < -0.3 is 44.6 Å². The molecule has 6 N–H and O–H groups in total. The van der Waals surface area contributed by atoms with Crippen LogP contribution in [0.25, 0.3) is 0 Å². The monoisotopic (exact) mass is 716 g/mol. The van der Waals surface area contributed by atoms with Gasteiger partial charge >= 0.3 is 0 Å². The molecule has 0 aromatic rings. The lowest BCUT2D eigenvalue weighted by Crippen LogP contribution is -2.67. The van der Waals surface area contributed by atoms with Crippen LogP contribution in [0.1, 0.15) is 84.5 Å². The Hall–Kier alpha value is -1.48. The largest absolute Gasteiger partial charge is 0.396 e. The van der Waals surface area contributed by atoms with E-state index in [1.807, 2.05) is 0 Å². The highest BCUT2D eigenvalue weighted by atomic mass is 16.5. The molecule has 12 heteroatoms. The number of aliphatic hydroxyl groups excluding tert-OH is 3. The molecular weight excluding hydrogens is 656 g/mol. The number of hydrogen-bond donors (Lipinski definition) is 6. The Labute approximate surface area is 301 Å². The second kappa shape index (κ2) is 13.1. The van der Waals surface area contributed by atoms with Crippen molar-refractivity contribution in [2.24, 2.45) is 46.3 Å². The lowest BCUT2D eigenvalue weighted by molar-refractivity contribution is -0.219. The van der Waals surface area contributed by atoms with Gasteiger partial charge in [-0.3, -0.25) is 14.9 Å². The van der Waals surface area contributed by atoms with Gasteiger partial charge in [-0.25, -0.2) is 0 Å². The van der Waals surface area contributed by atoms with Crippen LogP contribution in [0.3, 0.4) is 0 Å². The summed E-state index contributed by atoms with van der Waals surface area (Å²) in [5.74, 6) is -1.33. The molecule has 0 radical (unpaired) electrons. The van der Waals surface area contributed by atoms with Crippen molar-refractivity contribution in [1.29, 1.82) is 0 Å². The Morgan fingerprint density at radius 2 is 1.96 bits per heavy atom. The Kier molecular flexibility index (Phi) is 9.36. The third-order valence-corrected chi connectivity index (χ3v) is 15.7. The van der Waals surface area contributed by atoms with Gasteiger partial charge in [0.25, 0.3) is 0 Å². The smallest absolute Gasteiger partial charge is 0.239 e. The van der Waals surface area contributed by atoms with Crippen LogP contribution < -0.4 is 5.32 Å². The summed E-state index contributed by atoms with van der Waals surface area (Å²) in [5, 5.41) is 62.5. The molecule has 7 fully saturated rings. The zero-order valence-corrected chi connectivity index (χ0v) is 30.5. The average molecular weight is 717 g/mol. The third kappa shape index (κ3) is 5.47. The number of piperidine rings is 1. The van der Waals surface area contributed by atoms with Gasteiger partial charge in [-0.2, -0.15) is 0 Å². The molecular formula is C39H60N2O10. The quantitative estimate of drug-likeness (QED) is 0.142. The molecule has 2 bridgehead atoms. The molecule has 1 amide bonds. The number of aliphatic hydroxyl groups is 5. The van der Waals surface area contributed by atoms with Crippen molar-refractivity contribution in [2.75, 3.05) is 40.0 Å². The zero-order valence-electron chi connectivity index (χ0n) is 30.5. The van der Waals surface area contributed by atoms with Crippen molar-refractivity contribution in [1.82, 2.24) is 10.2 Å². The first-order chi connectivity index (χ1) is 24.3. The van der Waals surface area contributed by atoms with E-state index in [9.17, 15) is 35.1 Å². The van der Waals surface area contributed by atoms with Crippen molar-refractivity contribution in [3.63, 3.8) is 0 Å². The van der Waals surface area contributed by atoms with Crippen LogP contribution in [-0.2, 0) is 23.8 Å². The van der Waals surface area contributed by atoms with Gasteiger partial charge in [0.15, 0.2) is 5.78 Å². The van der Waals surface area contributed by atoms with Gasteiger partial charge in [0.2, 0.25) is 5.91 Å². The molecule has 8 rings (SSSR count). The first kappa shape index (κ1) is 36.5. The molecule has 1 spiro atoms. The summed E-state index contributed by atoms with van der Waals surface area (Å²) in [6.45, 7) is 6.23. The first-order valence-electron chi connectivity index (χ1n) is 19.8. The Bertz CT molecular complexity index is 1400. The normalized spacial score (nSPS) is 48.9. The number of methoxy groups -OCH3 is 1. The van der Waals surface area contributed by atoms with Crippen LogP contribution in [0.4, 0.5) is 0 Å². The molecule has 0 unspecified atom stereocenters. The number of nitrogens with zero attached hydrogens (tertiary/aromatic N) is 1. The molecule has 0 aromatic carbocycles. The number of fused-ring (bicyclic) bond motifs is 7. The van der Waals surface area contributed by atoms with Crippen LogP contribution in [0, 0.1) is 46.3 Å². The molecule has 12 nitrogen and oxygen atoms in total. The van der Waals surface area contributed by atoms with E-state index in [2.05, 4.69) is 12.2 Å². The maximum atomic E-state index is 14.1. The van der Waals surface area contributed by atoms with Gasteiger partial charge in [0.1, 0.15) is 18.4 Å². The van der Waals surface area contributed by atoms with E-state index in [-0.39, 0.29) is 53.5 Å². The highest BCUT2D eigenvalue weighted by molar-refractivity contribution is 5.95. The molecule has 3 heterocycles. The summed E-state index contributed by atoms with van der Waals surface area (Å²) < 4.78 is 17.7. The number of allylic oxidation sites excluding steroid dienone is 1. The summed E-state index contributed by atoms with van der Waals surface area (Å²) >= 11 is 0. The third-order valence-electron chi connectivity index (χ3n) is 15.7. The highest BCUT2D eigenvalue weighted by Gasteiger charge is 2.73. The number of ether oxygens (including phenoxy) is 3. The maximum Gasteiger partial charge on any atom is 0.239 e. The second-order valence-electron chi connectivity index (χ2n) is 18.1. The molecule has 4 saturated carbocycles. The number of hydrogen-bond acceptors (Lipinski definition) is 11. The topological polar surface area (TPSA) is 178 Å². The van der Waals surface area contributed by atoms with Crippen molar-refractivity contribution in [3.8, 4) is 0 Å². The van der Waals surface area contributed by atoms with Crippen molar-refractivity contribution in [2.45, 2.75) is 132 Å². The van der Waals surface area contributed by atoms with Gasteiger partial charge in [-0.05, 0) is 112 Å². The lowest BCUT2D eigenvalue weighted by atomic mass is 9.40.